The fourth-order valence-corrected chi connectivity index (χ4v) is 2.51. The first-order valence-corrected chi connectivity index (χ1v) is 6.53. The van der Waals surface area contributed by atoms with Crippen LogP contribution in [0.3, 0.4) is 0 Å². The molecule has 1 N–H and O–H groups in total. The molecule has 0 saturated carbocycles. The number of likely N-dealkylation sites (tertiary alicyclic amines) is 1. The summed E-state index contributed by atoms with van der Waals surface area (Å²) < 4.78 is 1.82. The Kier molecular flexibility index (Phi) is 3.84. The fourth-order valence-electron chi connectivity index (χ4n) is 2.51. The summed E-state index contributed by atoms with van der Waals surface area (Å²) in [5, 5.41) is 14.7. The monoisotopic (exact) mass is 237 g/mol. The van der Waals surface area contributed by atoms with Crippen LogP contribution in [0, 0.1) is 0 Å². The second-order valence-corrected chi connectivity index (χ2v) is 5.18. The summed E-state index contributed by atoms with van der Waals surface area (Å²) in [5.41, 5.74) is 0.764. The maximum Gasteiger partial charge on any atom is 0.0675 e. The lowest BCUT2D eigenvalue weighted by Gasteiger charge is -2.37. The van der Waals surface area contributed by atoms with Gasteiger partial charge in [-0.3, -0.25) is 4.68 Å². The smallest absolute Gasteiger partial charge is 0.0675 e. The number of aliphatic hydroxyl groups is 1. The van der Waals surface area contributed by atoms with Crippen LogP contribution in [0.25, 0.3) is 0 Å². The van der Waals surface area contributed by atoms with Crippen molar-refractivity contribution in [3.05, 3.63) is 18.0 Å². The van der Waals surface area contributed by atoms with Crippen LogP contribution in [0.1, 0.15) is 31.7 Å². The third-order valence-electron chi connectivity index (χ3n) is 3.87. The second-order valence-electron chi connectivity index (χ2n) is 5.18. The Morgan fingerprint density at radius 3 is 2.65 bits per heavy atom. The average Bonchev–Trinajstić information content (AvgIpc) is 2.74. The summed E-state index contributed by atoms with van der Waals surface area (Å²) in [5.74, 6) is 0. The van der Waals surface area contributed by atoms with E-state index in [0.717, 1.165) is 45.3 Å². The van der Waals surface area contributed by atoms with E-state index in [-0.39, 0.29) is 0 Å². The third kappa shape index (κ3) is 3.30. The molecule has 96 valence electrons. The van der Waals surface area contributed by atoms with Gasteiger partial charge in [0.2, 0.25) is 0 Å². The summed E-state index contributed by atoms with van der Waals surface area (Å²) >= 11 is 0. The van der Waals surface area contributed by atoms with Crippen LogP contribution in [0.4, 0.5) is 0 Å². The van der Waals surface area contributed by atoms with Gasteiger partial charge in [-0.05, 0) is 37.8 Å². The molecule has 0 aromatic carbocycles. The van der Waals surface area contributed by atoms with Gasteiger partial charge in [-0.1, -0.05) is 6.92 Å². The Balaban J connectivity index is 1.82. The van der Waals surface area contributed by atoms with Crippen LogP contribution >= 0.6 is 0 Å². The van der Waals surface area contributed by atoms with Crippen LogP contribution in [0.2, 0.25) is 0 Å². The van der Waals surface area contributed by atoms with E-state index in [9.17, 15) is 5.11 Å². The molecule has 2 rings (SSSR count). The molecule has 0 amide bonds. The number of aryl methyl sites for hydroxylation is 2. The molecule has 17 heavy (non-hydrogen) atoms. The minimum Gasteiger partial charge on any atom is -0.390 e. The lowest BCUT2D eigenvalue weighted by Crippen LogP contribution is -2.44. The van der Waals surface area contributed by atoms with Gasteiger partial charge in [0.1, 0.15) is 0 Å². The number of hydrogen-bond acceptors (Lipinski definition) is 3. The summed E-state index contributed by atoms with van der Waals surface area (Å²) in [4.78, 5) is 2.40. The third-order valence-corrected chi connectivity index (χ3v) is 3.87. The van der Waals surface area contributed by atoms with E-state index in [1.54, 1.807) is 0 Å². The average molecular weight is 237 g/mol. The number of rotatable bonds is 4. The number of piperidine rings is 1. The van der Waals surface area contributed by atoms with Crippen LogP contribution in [0.5, 0.6) is 0 Å². The topological polar surface area (TPSA) is 41.3 Å². The van der Waals surface area contributed by atoms with Crippen molar-refractivity contribution in [3.8, 4) is 0 Å². The van der Waals surface area contributed by atoms with Gasteiger partial charge in [-0.25, -0.2) is 0 Å². The summed E-state index contributed by atoms with van der Waals surface area (Å²) in [6.07, 6.45) is 7.52. The number of hydrogen-bond donors (Lipinski definition) is 1. The van der Waals surface area contributed by atoms with E-state index in [0.29, 0.717) is 0 Å². The molecule has 0 unspecified atom stereocenters. The first kappa shape index (κ1) is 12.6. The van der Waals surface area contributed by atoms with E-state index < -0.39 is 5.60 Å². The molecule has 1 saturated heterocycles. The standard InChI is InChI=1S/C13H23N3O/c1-3-16-8-6-13(17,7-9-16)5-4-12-10-14-15(2)11-12/h10-11,17H,3-9H2,1-2H3. The molecule has 1 aromatic rings. The Morgan fingerprint density at radius 2 is 2.12 bits per heavy atom. The summed E-state index contributed by atoms with van der Waals surface area (Å²) in [7, 11) is 1.93. The summed E-state index contributed by atoms with van der Waals surface area (Å²) in [6.45, 7) is 5.33. The minimum atomic E-state index is -0.457. The van der Waals surface area contributed by atoms with Gasteiger partial charge in [0.25, 0.3) is 0 Å². The van der Waals surface area contributed by atoms with Gasteiger partial charge < -0.3 is 10.0 Å². The highest BCUT2D eigenvalue weighted by Crippen LogP contribution is 2.26. The molecule has 0 spiro atoms. The quantitative estimate of drug-likeness (QED) is 0.855. The molecule has 1 fully saturated rings. The highest BCUT2D eigenvalue weighted by atomic mass is 16.3. The normalized spacial score (nSPS) is 20.6. The fraction of sp³-hybridized carbons (Fsp3) is 0.769. The molecular weight excluding hydrogens is 214 g/mol. The molecule has 0 bridgehead atoms. The molecule has 0 radical (unpaired) electrons. The highest BCUT2D eigenvalue weighted by Gasteiger charge is 2.31. The predicted molar refractivity (Wildman–Crippen MR) is 67.8 cm³/mol. The SMILES string of the molecule is CCN1CCC(O)(CCc2cnn(C)c2)CC1. The van der Waals surface area contributed by atoms with E-state index >= 15 is 0 Å². The van der Waals surface area contributed by atoms with Gasteiger partial charge in [0.05, 0.1) is 11.8 Å². The Morgan fingerprint density at radius 1 is 1.41 bits per heavy atom. The van der Waals surface area contributed by atoms with Crippen molar-refractivity contribution in [3.63, 3.8) is 0 Å². The number of aromatic nitrogens is 2. The molecule has 1 aliphatic heterocycles. The first-order valence-electron chi connectivity index (χ1n) is 6.53. The second kappa shape index (κ2) is 5.19. The van der Waals surface area contributed by atoms with Crippen LogP contribution in [0.15, 0.2) is 12.4 Å². The lowest BCUT2D eigenvalue weighted by atomic mass is 9.86. The largest absolute Gasteiger partial charge is 0.390 e. The van der Waals surface area contributed by atoms with E-state index in [1.807, 2.05) is 24.1 Å². The zero-order chi connectivity index (χ0) is 12.3. The maximum absolute atomic E-state index is 10.5. The van der Waals surface area contributed by atoms with Crippen molar-refractivity contribution in [2.75, 3.05) is 19.6 Å². The van der Waals surface area contributed by atoms with Crippen molar-refractivity contribution in [2.24, 2.45) is 7.05 Å². The van der Waals surface area contributed by atoms with Gasteiger partial charge in [-0.15, -0.1) is 0 Å². The number of nitrogens with zero attached hydrogens (tertiary/aromatic N) is 3. The highest BCUT2D eigenvalue weighted by molar-refractivity contribution is 5.05. The Labute approximate surface area is 103 Å². The van der Waals surface area contributed by atoms with Crippen molar-refractivity contribution >= 4 is 0 Å². The predicted octanol–water partition coefficient (Wildman–Crippen LogP) is 1.20. The van der Waals surface area contributed by atoms with Gasteiger partial charge in [0, 0.05) is 26.3 Å². The van der Waals surface area contributed by atoms with Crippen molar-refractivity contribution in [2.45, 2.75) is 38.2 Å². The van der Waals surface area contributed by atoms with Crippen molar-refractivity contribution in [1.29, 1.82) is 0 Å². The first-order chi connectivity index (χ1) is 8.11. The van der Waals surface area contributed by atoms with Crippen LogP contribution in [-0.2, 0) is 13.5 Å². The molecule has 1 aromatic heterocycles. The zero-order valence-electron chi connectivity index (χ0n) is 10.9. The maximum atomic E-state index is 10.5. The van der Waals surface area contributed by atoms with Crippen molar-refractivity contribution in [1.82, 2.24) is 14.7 Å². The zero-order valence-corrected chi connectivity index (χ0v) is 10.9. The molecular formula is C13H23N3O. The van der Waals surface area contributed by atoms with Crippen LogP contribution in [-0.4, -0.2) is 45.0 Å². The molecule has 4 nitrogen and oxygen atoms in total. The molecule has 2 heterocycles. The molecule has 4 heteroatoms. The van der Waals surface area contributed by atoms with Crippen molar-refractivity contribution < 1.29 is 5.11 Å². The van der Waals surface area contributed by atoms with E-state index in [1.165, 1.54) is 5.56 Å². The van der Waals surface area contributed by atoms with Gasteiger partial charge in [-0.2, -0.15) is 5.10 Å². The summed E-state index contributed by atoms with van der Waals surface area (Å²) in [6, 6.07) is 0. The van der Waals surface area contributed by atoms with Gasteiger partial charge >= 0.3 is 0 Å². The Bertz CT molecular complexity index is 353. The Hall–Kier alpha value is -0.870. The van der Waals surface area contributed by atoms with Gasteiger partial charge in [0.15, 0.2) is 0 Å². The minimum absolute atomic E-state index is 0.457. The molecule has 0 atom stereocenters. The van der Waals surface area contributed by atoms with E-state index in [2.05, 4.69) is 16.9 Å². The van der Waals surface area contributed by atoms with E-state index in [4.69, 9.17) is 0 Å². The molecule has 0 aliphatic carbocycles. The lowest BCUT2D eigenvalue weighted by molar-refractivity contribution is -0.0261. The van der Waals surface area contributed by atoms with Crippen LogP contribution < -0.4 is 0 Å². The molecule has 1 aliphatic rings.